The van der Waals surface area contributed by atoms with Gasteiger partial charge in [0.25, 0.3) is 5.56 Å². The molecule has 1 N–H and O–H groups in total. The monoisotopic (exact) mass is 299 g/mol. The Morgan fingerprint density at radius 2 is 1.81 bits per heavy atom. The smallest absolute Gasteiger partial charge is 0.303 e. The molecule has 0 saturated heterocycles. The molecule has 4 nitrogen and oxygen atoms in total. The topological polar surface area (TPSA) is 59.3 Å². The van der Waals surface area contributed by atoms with Crippen molar-refractivity contribution in [3.05, 3.63) is 64.4 Å². The molecular formula is C16H13NO3S. The minimum Gasteiger partial charge on any atom is -0.481 e. The lowest BCUT2D eigenvalue weighted by Gasteiger charge is -2.07. The molecule has 0 atom stereocenters. The number of hydrogen-bond donors (Lipinski definition) is 1. The number of aliphatic carboxylic acids is 1. The number of hydrogen-bond acceptors (Lipinski definition) is 3. The lowest BCUT2D eigenvalue weighted by atomic mass is 10.1. The van der Waals surface area contributed by atoms with Crippen molar-refractivity contribution in [2.75, 3.05) is 0 Å². The molecule has 0 saturated carbocycles. The number of benzene rings is 2. The SMILES string of the molecule is O=C(O)CCc1ccccc1-n1sc2ccccc2c1=O. The van der Waals surface area contributed by atoms with E-state index in [1.165, 1.54) is 11.5 Å². The summed E-state index contributed by atoms with van der Waals surface area (Å²) in [5.41, 5.74) is 1.58. The van der Waals surface area contributed by atoms with E-state index >= 15 is 0 Å². The highest BCUT2D eigenvalue weighted by Crippen LogP contribution is 2.22. The second kappa shape index (κ2) is 5.54. The van der Waals surface area contributed by atoms with Crippen LogP contribution in [0.25, 0.3) is 15.8 Å². The fourth-order valence-electron chi connectivity index (χ4n) is 2.29. The van der Waals surface area contributed by atoms with E-state index in [0.29, 0.717) is 11.8 Å². The first-order chi connectivity index (χ1) is 10.2. The lowest BCUT2D eigenvalue weighted by Crippen LogP contribution is -2.13. The number of nitrogens with zero attached hydrogens (tertiary/aromatic N) is 1. The van der Waals surface area contributed by atoms with Crippen LogP contribution in [-0.2, 0) is 11.2 Å². The highest BCUT2D eigenvalue weighted by Gasteiger charge is 2.12. The maximum atomic E-state index is 12.5. The Balaban J connectivity index is 2.12. The van der Waals surface area contributed by atoms with Crippen LogP contribution in [0.2, 0.25) is 0 Å². The van der Waals surface area contributed by atoms with Gasteiger partial charge < -0.3 is 5.11 Å². The predicted octanol–water partition coefficient (Wildman–Crippen LogP) is 3.07. The number of aryl methyl sites for hydroxylation is 1. The van der Waals surface area contributed by atoms with Crippen molar-refractivity contribution in [1.82, 2.24) is 3.96 Å². The Morgan fingerprint density at radius 1 is 1.10 bits per heavy atom. The van der Waals surface area contributed by atoms with Gasteiger partial charge in [-0.25, -0.2) is 3.96 Å². The summed E-state index contributed by atoms with van der Waals surface area (Å²) in [7, 11) is 0. The minimum absolute atomic E-state index is 0.0522. The number of aromatic nitrogens is 1. The zero-order valence-corrected chi connectivity index (χ0v) is 12.0. The van der Waals surface area contributed by atoms with Crippen LogP contribution in [0, 0.1) is 0 Å². The van der Waals surface area contributed by atoms with Crippen molar-refractivity contribution < 1.29 is 9.90 Å². The molecule has 3 rings (SSSR count). The number of carboxylic acids is 1. The molecule has 0 aliphatic carbocycles. The maximum Gasteiger partial charge on any atom is 0.303 e. The van der Waals surface area contributed by atoms with Gasteiger partial charge in [0.1, 0.15) is 0 Å². The Hall–Kier alpha value is -2.40. The van der Waals surface area contributed by atoms with Gasteiger partial charge in [-0.2, -0.15) is 0 Å². The van der Waals surface area contributed by atoms with Gasteiger partial charge in [0.05, 0.1) is 15.8 Å². The first-order valence-corrected chi connectivity index (χ1v) is 7.35. The summed E-state index contributed by atoms with van der Waals surface area (Å²) >= 11 is 1.38. The molecule has 1 heterocycles. The zero-order chi connectivity index (χ0) is 14.8. The van der Waals surface area contributed by atoms with E-state index in [1.54, 1.807) is 3.96 Å². The van der Waals surface area contributed by atoms with Crippen molar-refractivity contribution in [3.8, 4) is 5.69 Å². The second-order valence-corrected chi connectivity index (χ2v) is 5.70. The molecule has 0 unspecified atom stereocenters. The van der Waals surface area contributed by atoms with E-state index in [9.17, 15) is 9.59 Å². The van der Waals surface area contributed by atoms with Crippen LogP contribution in [0.1, 0.15) is 12.0 Å². The molecule has 0 aliphatic heterocycles. The van der Waals surface area contributed by atoms with Crippen molar-refractivity contribution in [3.63, 3.8) is 0 Å². The van der Waals surface area contributed by atoms with Crippen LogP contribution in [-0.4, -0.2) is 15.0 Å². The van der Waals surface area contributed by atoms with Crippen molar-refractivity contribution in [1.29, 1.82) is 0 Å². The molecule has 21 heavy (non-hydrogen) atoms. The summed E-state index contributed by atoms with van der Waals surface area (Å²) in [6.07, 6.45) is 0.461. The fourth-order valence-corrected chi connectivity index (χ4v) is 3.34. The summed E-state index contributed by atoms with van der Waals surface area (Å²) in [5, 5.41) is 9.53. The van der Waals surface area contributed by atoms with Crippen LogP contribution in [0.5, 0.6) is 0 Å². The third-order valence-corrected chi connectivity index (χ3v) is 4.41. The Morgan fingerprint density at radius 3 is 2.57 bits per heavy atom. The zero-order valence-electron chi connectivity index (χ0n) is 11.2. The fraction of sp³-hybridized carbons (Fsp3) is 0.125. The molecule has 106 valence electrons. The maximum absolute atomic E-state index is 12.5. The lowest BCUT2D eigenvalue weighted by molar-refractivity contribution is -0.136. The quantitative estimate of drug-likeness (QED) is 0.805. The highest BCUT2D eigenvalue weighted by atomic mass is 32.1. The van der Waals surface area contributed by atoms with Crippen LogP contribution in [0.4, 0.5) is 0 Å². The Bertz CT molecular complexity index is 863. The molecule has 0 radical (unpaired) electrons. The molecule has 0 amide bonds. The molecule has 0 spiro atoms. The van der Waals surface area contributed by atoms with Crippen LogP contribution in [0.3, 0.4) is 0 Å². The van der Waals surface area contributed by atoms with Gasteiger partial charge in [0.15, 0.2) is 0 Å². The third-order valence-electron chi connectivity index (χ3n) is 3.31. The summed E-state index contributed by atoms with van der Waals surface area (Å²) in [6, 6.07) is 14.9. The van der Waals surface area contributed by atoms with Crippen LogP contribution in [0.15, 0.2) is 53.3 Å². The van der Waals surface area contributed by atoms with Gasteiger partial charge in [-0.1, -0.05) is 41.9 Å². The van der Waals surface area contributed by atoms with Crippen molar-refractivity contribution >= 4 is 27.6 Å². The van der Waals surface area contributed by atoms with Gasteiger partial charge in [-0.3, -0.25) is 9.59 Å². The molecule has 0 fully saturated rings. The largest absolute Gasteiger partial charge is 0.481 e. The molecule has 1 aromatic heterocycles. The first-order valence-electron chi connectivity index (χ1n) is 6.58. The van der Waals surface area contributed by atoms with Crippen LogP contribution >= 0.6 is 11.5 Å². The number of fused-ring (bicyclic) bond motifs is 1. The molecule has 3 aromatic rings. The normalized spacial score (nSPS) is 10.9. The number of para-hydroxylation sites is 1. The Kier molecular flexibility index (Phi) is 3.58. The van der Waals surface area contributed by atoms with Gasteiger partial charge >= 0.3 is 5.97 Å². The number of carbonyl (C=O) groups is 1. The third kappa shape index (κ3) is 2.60. The molecule has 5 heteroatoms. The van der Waals surface area contributed by atoms with E-state index < -0.39 is 5.97 Å². The van der Waals surface area contributed by atoms with Gasteiger partial charge in [-0.15, -0.1) is 0 Å². The molecular weight excluding hydrogens is 286 g/mol. The summed E-state index contributed by atoms with van der Waals surface area (Å²) in [6.45, 7) is 0. The van der Waals surface area contributed by atoms with E-state index in [-0.39, 0.29) is 12.0 Å². The molecule has 0 bridgehead atoms. The number of carboxylic acid groups (broad SMARTS) is 1. The minimum atomic E-state index is -0.839. The standard InChI is InChI=1S/C16H13NO3S/c18-15(19)10-9-11-5-1-3-7-13(11)17-16(20)12-6-2-4-8-14(12)21-17/h1-8H,9-10H2,(H,18,19). The van der Waals surface area contributed by atoms with E-state index in [2.05, 4.69) is 0 Å². The average Bonchev–Trinajstić information content (AvgIpc) is 2.83. The summed E-state index contributed by atoms with van der Waals surface area (Å²) in [4.78, 5) is 23.2. The highest BCUT2D eigenvalue weighted by molar-refractivity contribution is 7.14. The Labute approximate surface area is 125 Å². The molecule has 0 aliphatic rings. The number of rotatable bonds is 4. The summed E-state index contributed by atoms with van der Waals surface area (Å²) < 4.78 is 2.57. The van der Waals surface area contributed by atoms with E-state index in [0.717, 1.165) is 16.0 Å². The van der Waals surface area contributed by atoms with Crippen molar-refractivity contribution in [2.45, 2.75) is 12.8 Å². The van der Waals surface area contributed by atoms with E-state index in [1.807, 2.05) is 48.5 Å². The molecule has 2 aromatic carbocycles. The van der Waals surface area contributed by atoms with E-state index in [4.69, 9.17) is 5.11 Å². The van der Waals surface area contributed by atoms with Crippen molar-refractivity contribution in [2.24, 2.45) is 0 Å². The average molecular weight is 299 g/mol. The van der Waals surface area contributed by atoms with Crippen LogP contribution < -0.4 is 5.56 Å². The van der Waals surface area contributed by atoms with Gasteiger partial charge in [-0.05, 0) is 30.2 Å². The second-order valence-electron chi connectivity index (χ2n) is 4.71. The van der Waals surface area contributed by atoms with Gasteiger partial charge in [0, 0.05) is 6.42 Å². The predicted molar refractivity (Wildman–Crippen MR) is 83.4 cm³/mol. The van der Waals surface area contributed by atoms with Gasteiger partial charge in [0.2, 0.25) is 0 Å². The summed E-state index contributed by atoms with van der Waals surface area (Å²) in [5.74, 6) is -0.839. The first kappa shape index (κ1) is 13.6.